The molecule has 18 heavy (non-hydrogen) atoms. The molecule has 2 rings (SSSR count). The van der Waals surface area contributed by atoms with Gasteiger partial charge in [0.1, 0.15) is 0 Å². The zero-order chi connectivity index (χ0) is 13.0. The number of carbonyl (C=O) groups is 1. The molecule has 0 spiro atoms. The van der Waals surface area contributed by atoms with E-state index in [0.29, 0.717) is 0 Å². The topological polar surface area (TPSA) is 40.5 Å². The van der Waals surface area contributed by atoms with Crippen molar-refractivity contribution >= 4 is 17.6 Å². The van der Waals surface area contributed by atoms with Gasteiger partial charge < -0.3 is 10.0 Å². The van der Waals surface area contributed by atoms with E-state index < -0.39 is 5.97 Å². The number of likely N-dealkylation sites (tertiary alicyclic amines) is 1. The van der Waals surface area contributed by atoms with E-state index in [1.165, 1.54) is 5.56 Å². The predicted molar refractivity (Wildman–Crippen MR) is 72.0 cm³/mol. The molecule has 98 valence electrons. The lowest BCUT2D eigenvalue weighted by Gasteiger charge is -2.29. The standard InChI is InChI=1S/C14H18ClNO2/c15-13-3-1-11(2-4-13)5-8-16-9-6-12(7-10-16)14(17)18/h1-4,12H,5-10H2,(H,17,18). The van der Waals surface area contributed by atoms with Gasteiger partial charge in [-0.05, 0) is 50.0 Å². The maximum absolute atomic E-state index is 10.8. The molecule has 0 amide bonds. The minimum absolute atomic E-state index is 0.142. The Kier molecular flexibility index (Phi) is 4.61. The Bertz CT molecular complexity index is 397. The van der Waals surface area contributed by atoms with Gasteiger partial charge in [0.25, 0.3) is 0 Å². The molecule has 0 atom stereocenters. The lowest BCUT2D eigenvalue weighted by atomic mass is 9.97. The average Bonchev–Trinajstić information content (AvgIpc) is 2.38. The largest absolute Gasteiger partial charge is 0.481 e. The van der Waals surface area contributed by atoms with Gasteiger partial charge in [0, 0.05) is 11.6 Å². The Labute approximate surface area is 112 Å². The molecule has 0 aliphatic carbocycles. The zero-order valence-electron chi connectivity index (χ0n) is 10.3. The number of aliphatic carboxylic acids is 1. The number of hydrogen-bond donors (Lipinski definition) is 1. The Balaban J connectivity index is 1.75. The minimum atomic E-state index is -0.646. The normalized spacial score (nSPS) is 17.8. The molecular formula is C14H18ClNO2. The van der Waals surface area contributed by atoms with Crippen LogP contribution in [0.3, 0.4) is 0 Å². The van der Waals surface area contributed by atoms with E-state index in [2.05, 4.69) is 4.90 Å². The Morgan fingerprint density at radius 1 is 1.28 bits per heavy atom. The summed E-state index contributed by atoms with van der Waals surface area (Å²) in [5, 5.41) is 9.69. The van der Waals surface area contributed by atoms with Gasteiger partial charge in [0.05, 0.1) is 5.92 Å². The summed E-state index contributed by atoms with van der Waals surface area (Å²) in [6, 6.07) is 7.92. The highest BCUT2D eigenvalue weighted by Crippen LogP contribution is 2.18. The molecule has 0 saturated carbocycles. The fraction of sp³-hybridized carbons (Fsp3) is 0.500. The summed E-state index contributed by atoms with van der Waals surface area (Å²) in [6.45, 7) is 2.78. The molecule has 1 aliphatic heterocycles. The van der Waals surface area contributed by atoms with Gasteiger partial charge in [-0.15, -0.1) is 0 Å². The fourth-order valence-corrected chi connectivity index (χ4v) is 2.47. The summed E-state index contributed by atoms with van der Waals surface area (Å²) in [6.07, 6.45) is 2.54. The molecule has 1 heterocycles. The van der Waals surface area contributed by atoms with Crippen molar-refractivity contribution in [2.45, 2.75) is 19.3 Å². The first-order valence-electron chi connectivity index (χ1n) is 6.35. The molecule has 0 aromatic heterocycles. The van der Waals surface area contributed by atoms with Gasteiger partial charge in [-0.3, -0.25) is 4.79 Å². The summed E-state index contributed by atoms with van der Waals surface area (Å²) < 4.78 is 0. The molecule has 1 fully saturated rings. The molecule has 1 aromatic rings. The van der Waals surface area contributed by atoms with Crippen LogP contribution < -0.4 is 0 Å². The van der Waals surface area contributed by atoms with Crippen LogP contribution in [-0.2, 0) is 11.2 Å². The third-order valence-corrected chi connectivity index (χ3v) is 3.82. The van der Waals surface area contributed by atoms with Crippen molar-refractivity contribution in [2.24, 2.45) is 5.92 Å². The SMILES string of the molecule is O=C(O)C1CCN(CCc2ccc(Cl)cc2)CC1. The van der Waals surface area contributed by atoms with Gasteiger partial charge in [0.15, 0.2) is 0 Å². The molecular weight excluding hydrogens is 250 g/mol. The van der Waals surface area contributed by atoms with Crippen molar-refractivity contribution < 1.29 is 9.90 Å². The van der Waals surface area contributed by atoms with E-state index in [-0.39, 0.29) is 5.92 Å². The predicted octanol–water partition coefficient (Wildman–Crippen LogP) is 2.68. The molecule has 1 aromatic carbocycles. The van der Waals surface area contributed by atoms with Gasteiger partial charge in [0.2, 0.25) is 0 Å². The van der Waals surface area contributed by atoms with E-state index in [0.717, 1.165) is 43.9 Å². The second-order valence-corrected chi connectivity index (χ2v) is 5.27. The highest BCUT2D eigenvalue weighted by atomic mass is 35.5. The van der Waals surface area contributed by atoms with Crippen LogP contribution in [0.4, 0.5) is 0 Å². The summed E-state index contributed by atoms with van der Waals surface area (Å²) in [7, 11) is 0. The van der Waals surface area contributed by atoms with Gasteiger partial charge in [-0.1, -0.05) is 23.7 Å². The molecule has 3 nitrogen and oxygen atoms in total. The Hall–Kier alpha value is -1.06. The molecule has 0 unspecified atom stereocenters. The smallest absolute Gasteiger partial charge is 0.306 e. The molecule has 1 aliphatic rings. The van der Waals surface area contributed by atoms with E-state index in [1.807, 2.05) is 24.3 Å². The second-order valence-electron chi connectivity index (χ2n) is 4.83. The van der Waals surface area contributed by atoms with Crippen molar-refractivity contribution in [1.29, 1.82) is 0 Å². The van der Waals surface area contributed by atoms with Crippen molar-refractivity contribution in [3.05, 3.63) is 34.9 Å². The lowest BCUT2D eigenvalue weighted by molar-refractivity contribution is -0.143. The van der Waals surface area contributed by atoms with Crippen LogP contribution in [0.1, 0.15) is 18.4 Å². The summed E-state index contributed by atoms with van der Waals surface area (Å²) in [5.74, 6) is -0.788. The monoisotopic (exact) mass is 267 g/mol. The number of carboxylic acid groups (broad SMARTS) is 1. The van der Waals surface area contributed by atoms with Crippen molar-refractivity contribution in [1.82, 2.24) is 4.90 Å². The summed E-state index contributed by atoms with van der Waals surface area (Å²) in [5.41, 5.74) is 1.28. The molecule has 0 radical (unpaired) electrons. The first-order valence-corrected chi connectivity index (χ1v) is 6.72. The first kappa shape index (κ1) is 13.4. The fourth-order valence-electron chi connectivity index (χ4n) is 2.34. The lowest BCUT2D eigenvalue weighted by Crippen LogP contribution is -2.37. The van der Waals surface area contributed by atoms with Crippen molar-refractivity contribution in [3.63, 3.8) is 0 Å². The van der Waals surface area contributed by atoms with E-state index >= 15 is 0 Å². The number of benzene rings is 1. The van der Waals surface area contributed by atoms with E-state index in [1.54, 1.807) is 0 Å². The van der Waals surface area contributed by atoms with Crippen molar-refractivity contribution in [3.8, 4) is 0 Å². The maximum Gasteiger partial charge on any atom is 0.306 e. The van der Waals surface area contributed by atoms with Crippen LogP contribution >= 0.6 is 11.6 Å². The van der Waals surface area contributed by atoms with E-state index in [4.69, 9.17) is 16.7 Å². The average molecular weight is 268 g/mol. The second kappa shape index (κ2) is 6.21. The van der Waals surface area contributed by atoms with Crippen LogP contribution in [0.5, 0.6) is 0 Å². The summed E-state index contributed by atoms with van der Waals surface area (Å²) in [4.78, 5) is 13.2. The number of carboxylic acids is 1. The number of piperidine rings is 1. The molecule has 1 saturated heterocycles. The first-order chi connectivity index (χ1) is 8.65. The Morgan fingerprint density at radius 3 is 2.44 bits per heavy atom. The summed E-state index contributed by atoms with van der Waals surface area (Å²) >= 11 is 5.84. The molecule has 0 bridgehead atoms. The van der Waals surface area contributed by atoms with Gasteiger partial charge in [-0.25, -0.2) is 0 Å². The quantitative estimate of drug-likeness (QED) is 0.912. The third-order valence-electron chi connectivity index (χ3n) is 3.57. The number of nitrogens with zero attached hydrogens (tertiary/aromatic N) is 1. The zero-order valence-corrected chi connectivity index (χ0v) is 11.1. The third kappa shape index (κ3) is 3.72. The molecule has 4 heteroatoms. The highest BCUT2D eigenvalue weighted by molar-refractivity contribution is 6.30. The van der Waals surface area contributed by atoms with Crippen LogP contribution in [0.15, 0.2) is 24.3 Å². The number of hydrogen-bond acceptors (Lipinski definition) is 2. The van der Waals surface area contributed by atoms with Crippen molar-refractivity contribution in [2.75, 3.05) is 19.6 Å². The van der Waals surface area contributed by atoms with Crippen LogP contribution in [0.25, 0.3) is 0 Å². The van der Waals surface area contributed by atoms with Gasteiger partial charge in [-0.2, -0.15) is 0 Å². The number of halogens is 1. The van der Waals surface area contributed by atoms with Crippen LogP contribution in [0.2, 0.25) is 5.02 Å². The maximum atomic E-state index is 10.8. The highest BCUT2D eigenvalue weighted by Gasteiger charge is 2.23. The molecule has 1 N–H and O–H groups in total. The van der Waals surface area contributed by atoms with Crippen LogP contribution in [0, 0.1) is 5.92 Å². The van der Waals surface area contributed by atoms with Gasteiger partial charge >= 0.3 is 5.97 Å². The minimum Gasteiger partial charge on any atom is -0.481 e. The van der Waals surface area contributed by atoms with Crippen LogP contribution in [-0.4, -0.2) is 35.6 Å². The number of rotatable bonds is 4. The Morgan fingerprint density at radius 2 is 1.89 bits per heavy atom. The van der Waals surface area contributed by atoms with E-state index in [9.17, 15) is 4.79 Å².